The SMILES string of the molecule is CC(C)c1c(C(=O)Nc2ccccc2)c(-c2cccc(OCCCCCc3cn(CCOCCOCCOCCNc4ccc5c(c4)C(=O)N(C4CCC(=O)NC4=O)C5=O)nn3)c2)c(-c2ccc(F)cc2)n1CCC(O)CC(O)CC(=O)O. The summed E-state index contributed by atoms with van der Waals surface area (Å²) < 4.78 is 41.6. The zero-order valence-electron chi connectivity index (χ0n) is 46.6. The van der Waals surface area contributed by atoms with Gasteiger partial charge >= 0.3 is 5.97 Å². The summed E-state index contributed by atoms with van der Waals surface area (Å²) in [5, 5.41) is 47.6. The lowest BCUT2D eigenvalue weighted by Gasteiger charge is -2.27. The first-order chi connectivity index (χ1) is 40.1. The van der Waals surface area contributed by atoms with Gasteiger partial charge < -0.3 is 49.5 Å². The molecule has 0 bridgehead atoms. The lowest BCUT2D eigenvalue weighted by Crippen LogP contribution is -2.54. The predicted molar refractivity (Wildman–Crippen MR) is 304 cm³/mol. The van der Waals surface area contributed by atoms with Gasteiger partial charge in [0.15, 0.2) is 0 Å². The van der Waals surface area contributed by atoms with E-state index >= 15 is 0 Å². The van der Waals surface area contributed by atoms with Gasteiger partial charge in [-0.3, -0.25) is 39.0 Å². The van der Waals surface area contributed by atoms with Gasteiger partial charge in [0.1, 0.15) is 17.6 Å². The number of carbonyl (C=O) groups excluding carboxylic acids is 5. The summed E-state index contributed by atoms with van der Waals surface area (Å²) in [5.41, 5.74) is 6.12. The summed E-state index contributed by atoms with van der Waals surface area (Å²) in [6.07, 6.45) is 2.49. The third kappa shape index (κ3) is 16.5. The van der Waals surface area contributed by atoms with Gasteiger partial charge in [0.2, 0.25) is 11.8 Å². The molecule has 4 heterocycles. The summed E-state index contributed by atoms with van der Waals surface area (Å²) in [5.74, 6) is -3.78. The molecule has 0 radical (unpaired) electrons. The molecule has 6 N–H and O–H groups in total. The number of amides is 5. The molecule has 0 spiro atoms. The van der Waals surface area contributed by atoms with Gasteiger partial charge in [-0.05, 0) is 129 Å². The number of carboxylic acid groups (broad SMARTS) is 1. The van der Waals surface area contributed by atoms with Gasteiger partial charge in [0.05, 0.1) is 99.5 Å². The van der Waals surface area contributed by atoms with Crippen LogP contribution in [-0.4, -0.2) is 146 Å². The summed E-state index contributed by atoms with van der Waals surface area (Å²) >= 11 is 0. The number of aromatic nitrogens is 4. The number of anilines is 2. The Hall–Kier alpha value is -8.15. The van der Waals surface area contributed by atoms with E-state index in [1.54, 1.807) is 47.1 Å². The number of aliphatic carboxylic acids is 1. The van der Waals surface area contributed by atoms with Crippen LogP contribution in [0.3, 0.4) is 0 Å². The standard InChI is InChI=1S/C61H71FN8O13/c1-39(2)56-55(59(77)64-43-11-5-3-6-12-43)54(57(40-15-17-42(62)18-16-40)69(56)25-23-46(71)36-47(72)37-53(74)75)41-10-9-14-48(34-41)83-27-8-4-7-13-45-38-68(67-66-45)26-29-81-31-33-82-32-30-80-28-24-63-44-19-20-49-50(35-44)61(79)70(60(49)78)51-21-22-52(73)65-58(51)76/h3,5-6,9-12,14-20,34-35,38-39,46-47,51,63,71-72H,4,7-8,13,21-33,36-37H2,1-2H3,(H,64,77)(H,74,75)(H,65,73,76). The predicted octanol–water partition coefficient (Wildman–Crippen LogP) is 7.26. The van der Waals surface area contributed by atoms with Crippen LogP contribution in [0.1, 0.15) is 114 Å². The number of benzene rings is 4. The van der Waals surface area contributed by atoms with Crippen LogP contribution in [0.2, 0.25) is 0 Å². The maximum absolute atomic E-state index is 14.7. The number of ether oxygens (including phenoxy) is 4. The van der Waals surface area contributed by atoms with E-state index < -0.39 is 60.1 Å². The van der Waals surface area contributed by atoms with Crippen LogP contribution in [-0.2, 0) is 48.1 Å². The van der Waals surface area contributed by atoms with Gasteiger partial charge in [-0.2, -0.15) is 0 Å². The molecule has 3 unspecified atom stereocenters. The number of para-hydroxylation sites is 1. The van der Waals surface area contributed by atoms with E-state index in [-0.39, 0.29) is 55.2 Å². The molecular weight excluding hydrogens is 1070 g/mol. The smallest absolute Gasteiger partial charge is 0.305 e. The van der Waals surface area contributed by atoms with Crippen LogP contribution < -0.4 is 20.7 Å². The second kappa shape index (κ2) is 29.7. The van der Waals surface area contributed by atoms with Crippen molar-refractivity contribution in [3.63, 3.8) is 0 Å². The number of aliphatic hydroxyl groups is 2. The van der Waals surface area contributed by atoms with E-state index in [0.29, 0.717) is 110 Å². The second-order valence-electron chi connectivity index (χ2n) is 20.7. The van der Waals surface area contributed by atoms with Crippen LogP contribution in [0.15, 0.2) is 103 Å². The molecule has 6 aromatic rings. The molecule has 1 fully saturated rings. The number of aliphatic hydroxyl groups excluding tert-OH is 2. The number of unbranched alkanes of at least 4 members (excludes halogenated alkanes) is 2. The fourth-order valence-electron chi connectivity index (χ4n) is 10.2. The zero-order valence-corrected chi connectivity index (χ0v) is 46.6. The Morgan fingerprint density at radius 1 is 0.771 bits per heavy atom. The Labute approximate surface area is 480 Å². The molecule has 5 amide bonds. The summed E-state index contributed by atoms with van der Waals surface area (Å²) in [6.45, 7) is 7.86. The Bertz CT molecular complexity index is 3200. The van der Waals surface area contributed by atoms with Gasteiger partial charge in [0, 0.05) is 48.3 Å². The molecule has 4 aromatic carbocycles. The van der Waals surface area contributed by atoms with Crippen molar-refractivity contribution in [3.8, 4) is 28.1 Å². The van der Waals surface area contributed by atoms with Crippen molar-refractivity contribution in [2.75, 3.05) is 63.4 Å². The second-order valence-corrected chi connectivity index (χ2v) is 20.7. The highest BCUT2D eigenvalue weighted by molar-refractivity contribution is 6.23. The van der Waals surface area contributed by atoms with E-state index in [4.69, 9.17) is 18.9 Å². The molecule has 1 saturated heterocycles. The fraction of sp³-hybridized carbons (Fsp3) is 0.410. The molecule has 2 aliphatic rings. The van der Waals surface area contributed by atoms with E-state index in [1.807, 2.05) is 67.1 Å². The average Bonchev–Trinajstić information content (AvgIpc) is 3.54. The van der Waals surface area contributed by atoms with Crippen molar-refractivity contribution in [2.24, 2.45) is 0 Å². The highest BCUT2D eigenvalue weighted by atomic mass is 19.1. The first kappa shape index (κ1) is 60.9. The third-order valence-electron chi connectivity index (χ3n) is 14.1. The number of nitrogens with zero attached hydrogens (tertiary/aromatic N) is 5. The van der Waals surface area contributed by atoms with Crippen LogP contribution >= 0.6 is 0 Å². The highest BCUT2D eigenvalue weighted by Crippen LogP contribution is 2.44. The normalized spacial score (nSPS) is 14.9. The van der Waals surface area contributed by atoms with Crippen LogP contribution in [0.4, 0.5) is 15.8 Å². The maximum atomic E-state index is 14.7. The number of hydrogen-bond acceptors (Lipinski definition) is 15. The number of nitrogens with one attached hydrogen (secondary N) is 3. The number of hydrogen-bond donors (Lipinski definition) is 6. The van der Waals surface area contributed by atoms with Crippen molar-refractivity contribution < 1.29 is 67.4 Å². The Morgan fingerprint density at radius 2 is 1.51 bits per heavy atom. The third-order valence-corrected chi connectivity index (χ3v) is 14.1. The van der Waals surface area contributed by atoms with E-state index in [2.05, 4.69) is 26.3 Å². The van der Waals surface area contributed by atoms with Gasteiger partial charge in [-0.25, -0.2) is 9.07 Å². The number of rotatable bonds is 33. The first-order valence-corrected chi connectivity index (χ1v) is 28.1. The molecule has 0 aliphatic carbocycles. The van der Waals surface area contributed by atoms with E-state index in [9.17, 15) is 48.5 Å². The number of aryl methyl sites for hydroxylation is 1. The van der Waals surface area contributed by atoms with Crippen LogP contribution in [0, 0.1) is 5.82 Å². The number of fused-ring (bicyclic) bond motifs is 1. The van der Waals surface area contributed by atoms with E-state index in [1.165, 1.54) is 12.1 Å². The van der Waals surface area contributed by atoms with Crippen molar-refractivity contribution in [1.29, 1.82) is 0 Å². The Balaban J connectivity index is 0.756. The van der Waals surface area contributed by atoms with E-state index in [0.717, 1.165) is 36.3 Å². The molecule has 2 aliphatic heterocycles. The van der Waals surface area contributed by atoms with Gasteiger partial charge in [-0.1, -0.05) is 49.4 Å². The molecule has 0 saturated carbocycles. The summed E-state index contributed by atoms with van der Waals surface area (Å²) in [7, 11) is 0. The molecular formula is C61H71FN8O13. The molecule has 8 rings (SSSR count). The average molecular weight is 1140 g/mol. The number of carboxylic acids is 1. The molecule has 2 aromatic heterocycles. The summed E-state index contributed by atoms with van der Waals surface area (Å²) in [6, 6.07) is 26.4. The van der Waals surface area contributed by atoms with Crippen molar-refractivity contribution in [1.82, 2.24) is 29.8 Å². The van der Waals surface area contributed by atoms with Crippen LogP contribution in [0.5, 0.6) is 5.75 Å². The van der Waals surface area contributed by atoms with Crippen molar-refractivity contribution >= 4 is 46.9 Å². The minimum absolute atomic E-state index is 0.0541. The Morgan fingerprint density at radius 3 is 2.24 bits per heavy atom. The largest absolute Gasteiger partial charge is 0.494 e. The molecule has 21 nitrogen and oxygen atoms in total. The zero-order chi connectivity index (χ0) is 58.8. The van der Waals surface area contributed by atoms with Crippen LogP contribution in [0.25, 0.3) is 22.4 Å². The lowest BCUT2D eigenvalue weighted by atomic mass is 9.94. The number of carbonyl (C=O) groups is 6. The van der Waals surface area contributed by atoms with Gasteiger partial charge in [-0.15, -0.1) is 5.10 Å². The number of imide groups is 2. The van der Waals surface area contributed by atoms with Gasteiger partial charge in [0.25, 0.3) is 17.7 Å². The first-order valence-electron chi connectivity index (χ1n) is 28.1. The van der Waals surface area contributed by atoms with Crippen molar-refractivity contribution in [2.45, 2.75) is 109 Å². The summed E-state index contributed by atoms with van der Waals surface area (Å²) in [4.78, 5) is 76.8. The quantitative estimate of drug-likeness (QED) is 0.0175. The fourth-order valence-corrected chi connectivity index (χ4v) is 10.2. The molecule has 3 atom stereocenters. The minimum Gasteiger partial charge on any atom is -0.494 e. The maximum Gasteiger partial charge on any atom is 0.305 e. The molecule has 22 heteroatoms. The number of piperidine rings is 1. The van der Waals surface area contributed by atoms with Crippen molar-refractivity contribution in [3.05, 3.63) is 137 Å². The molecule has 83 heavy (non-hydrogen) atoms. The minimum atomic E-state index is -1.24. The monoisotopic (exact) mass is 1140 g/mol. The Kier molecular flexibility index (Phi) is 21.8. The lowest BCUT2D eigenvalue weighted by molar-refractivity contribution is -0.140. The number of halogens is 1. The topological polar surface area (TPSA) is 275 Å². The highest BCUT2D eigenvalue weighted by Gasteiger charge is 2.44. The molecule has 440 valence electrons.